The number of hydrogen-bond acceptors (Lipinski definition) is 10. The Morgan fingerprint density at radius 2 is 1.96 bits per heavy atom. The molecule has 0 spiro atoms. The van der Waals surface area contributed by atoms with Gasteiger partial charge in [-0.1, -0.05) is 11.6 Å². The van der Waals surface area contributed by atoms with E-state index in [0.29, 0.717) is 36.7 Å². The van der Waals surface area contributed by atoms with Crippen LogP contribution in [0.3, 0.4) is 0 Å². The Morgan fingerprint density at radius 3 is 2.72 bits per heavy atom. The van der Waals surface area contributed by atoms with Crippen LogP contribution in [0.5, 0.6) is 17.2 Å². The number of amides is 2. The van der Waals surface area contributed by atoms with E-state index in [-0.39, 0.29) is 69.3 Å². The summed E-state index contributed by atoms with van der Waals surface area (Å²) in [5.41, 5.74) is 5.80. The average molecular weight is 653 g/mol. The third-order valence-corrected chi connectivity index (χ3v) is 8.99. The van der Waals surface area contributed by atoms with Crippen molar-refractivity contribution in [3.05, 3.63) is 51.0 Å². The Balaban J connectivity index is 1.29. The van der Waals surface area contributed by atoms with Gasteiger partial charge in [-0.2, -0.15) is 4.39 Å². The maximum atomic E-state index is 14.9. The molecule has 0 radical (unpaired) electrons. The predicted octanol–water partition coefficient (Wildman–Crippen LogP) is 2.31. The van der Waals surface area contributed by atoms with Crippen molar-refractivity contribution in [3.8, 4) is 28.4 Å². The van der Waals surface area contributed by atoms with Crippen molar-refractivity contribution in [1.29, 1.82) is 0 Å². The number of piperazine rings is 1. The van der Waals surface area contributed by atoms with Crippen molar-refractivity contribution in [2.75, 3.05) is 43.7 Å². The van der Waals surface area contributed by atoms with Crippen LogP contribution >= 0.6 is 11.6 Å². The quantitative estimate of drug-likeness (QED) is 0.263. The molecule has 0 saturated carbocycles. The van der Waals surface area contributed by atoms with Crippen LogP contribution in [0.15, 0.2) is 23.1 Å². The number of nitrogens with two attached hydrogens (primary N) is 1. The number of rotatable bonds is 6. The molecule has 2 amide bonds. The van der Waals surface area contributed by atoms with E-state index in [1.807, 2.05) is 18.9 Å². The molecule has 3 aliphatic rings. The van der Waals surface area contributed by atoms with Gasteiger partial charge in [-0.05, 0) is 26.5 Å². The lowest BCUT2D eigenvalue weighted by Gasteiger charge is -2.39. The molecule has 14 nitrogen and oxygen atoms in total. The molecule has 4 N–H and O–H groups in total. The smallest absolute Gasteiger partial charge is 0.263 e. The Kier molecular flexibility index (Phi) is 7.24. The molecule has 7 rings (SSSR count). The van der Waals surface area contributed by atoms with Crippen LogP contribution in [0.4, 0.5) is 15.9 Å². The van der Waals surface area contributed by atoms with E-state index >= 15 is 0 Å². The summed E-state index contributed by atoms with van der Waals surface area (Å²) in [6, 6.07) is 2.92. The van der Waals surface area contributed by atoms with Crippen molar-refractivity contribution in [3.63, 3.8) is 0 Å². The van der Waals surface area contributed by atoms with Crippen molar-refractivity contribution in [2.24, 2.45) is 5.73 Å². The highest BCUT2D eigenvalue weighted by Gasteiger charge is 2.32. The fourth-order valence-corrected chi connectivity index (χ4v) is 6.59. The molecule has 3 aliphatic heterocycles. The van der Waals surface area contributed by atoms with Gasteiger partial charge in [0.1, 0.15) is 28.9 Å². The molecule has 0 aliphatic carbocycles. The number of primary amides is 1. The molecule has 1 fully saturated rings. The number of hydrogen-bond donors (Lipinski definition) is 3. The zero-order valence-corrected chi connectivity index (χ0v) is 25.7. The van der Waals surface area contributed by atoms with Gasteiger partial charge in [0, 0.05) is 62.0 Å². The van der Waals surface area contributed by atoms with Gasteiger partial charge in [0.05, 0.1) is 16.6 Å². The molecule has 1 atom stereocenters. The lowest BCUT2D eigenvalue weighted by molar-refractivity contribution is -0.116. The average Bonchev–Trinajstić information content (AvgIpc) is 3.76. The van der Waals surface area contributed by atoms with E-state index in [0.717, 1.165) is 19.5 Å². The number of carbonyl (C=O) groups excluding carboxylic acids is 2. The Labute approximate surface area is 266 Å². The SMILES string of the molecule is C[C@H]1CN(C)CCN1c1cc(NC(=O)Cn2cc(-c3cc(C(N)=O)c(O)c4c3OCO4)c3c(=O)n4c(nc32)CCC4)c(Cl)c(F)n1. The summed E-state index contributed by atoms with van der Waals surface area (Å²) in [5, 5.41) is 13.1. The number of halogens is 2. The lowest BCUT2D eigenvalue weighted by atomic mass is 10.00. The Morgan fingerprint density at radius 1 is 1.17 bits per heavy atom. The van der Waals surface area contributed by atoms with E-state index < -0.39 is 23.5 Å². The van der Waals surface area contributed by atoms with Crippen molar-refractivity contribution in [2.45, 2.75) is 38.9 Å². The normalized spacial score (nSPS) is 17.5. The topological polar surface area (TPSA) is 170 Å². The van der Waals surface area contributed by atoms with Crippen LogP contribution in [0.1, 0.15) is 29.5 Å². The summed E-state index contributed by atoms with van der Waals surface area (Å²) < 4.78 is 29.0. The first-order valence-electron chi connectivity index (χ1n) is 14.7. The highest BCUT2D eigenvalue weighted by atomic mass is 35.5. The first kappa shape index (κ1) is 29.8. The number of ether oxygens (including phenoxy) is 2. The monoisotopic (exact) mass is 652 g/mol. The second kappa shape index (κ2) is 11.2. The fourth-order valence-electron chi connectivity index (χ4n) is 6.44. The molecular weight excluding hydrogens is 623 g/mol. The van der Waals surface area contributed by atoms with Gasteiger partial charge in [0.25, 0.3) is 11.5 Å². The lowest BCUT2D eigenvalue weighted by Crippen LogP contribution is -2.50. The molecule has 1 saturated heterocycles. The number of aromatic nitrogens is 4. The van der Waals surface area contributed by atoms with E-state index in [2.05, 4.69) is 15.2 Å². The minimum Gasteiger partial charge on any atom is -0.504 e. The molecule has 6 heterocycles. The number of aryl methyl sites for hydroxylation is 1. The molecule has 46 heavy (non-hydrogen) atoms. The first-order chi connectivity index (χ1) is 22.0. The van der Waals surface area contributed by atoms with Crippen LogP contribution in [-0.4, -0.2) is 80.4 Å². The van der Waals surface area contributed by atoms with E-state index in [1.165, 1.54) is 10.6 Å². The van der Waals surface area contributed by atoms with Crippen molar-refractivity contribution >= 4 is 46.0 Å². The molecule has 16 heteroatoms. The first-order valence-corrected chi connectivity index (χ1v) is 15.1. The summed E-state index contributed by atoms with van der Waals surface area (Å²) in [7, 11) is 2.01. The molecule has 0 bridgehead atoms. The third kappa shape index (κ3) is 4.86. The molecule has 0 unspecified atom stereocenters. The number of nitrogens with zero attached hydrogens (tertiary/aromatic N) is 6. The van der Waals surface area contributed by atoms with E-state index in [1.54, 1.807) is 16.8 Å². The maximum absolute atomic E-state index is 14.9. The van der Waals surface area contributed by atoms with Crippen LogP contribution in [0.2, 0.25) is 5.02 Å². The van der Waals surface area contributed by atoms with Crippen LogP contribution in [-0.2, 0) is 24.3 Å². The zero-order valence-electron chi connectivity index (χ0n) is 25.0. The standard InChI is InChI=1S/C30H30ClFN8O6/c1-14-10-37(2)6-7-39(14)20-9-18(23(31)27(32)35-20)34-21(41)12-38-11-17(22-29(38)36-19-4-3-5-40(19)30(22)44)15-8-16(28(33)43)24(42)26-25(15)45-13-46-26/h8-9,11,14,42H,3-7,10,12-13H2,1-2H3,(H2,33,43)(H,34,35,41)/t14-/m0/s1. The number of carbonyl (C=O) groups is 2. The van der Waals surface area contributed by atoms with Crippen molar-refractivity contribution < 1.29 is 28.6 Å². The van der Waals surface area contributed by atoms with Crippen LogP contribution in [0.25, 0.3) is 22.2 Å². The number of aromatic hydroxyl groups is 1. The molecular formula is C30H30ClFN8O6. The van der Waals surface area contributed by atoms with Crippen LogP contribution in [0, 0.1) is 5.95 Å². The summed E-state index contributed by atoms with van der Waals surface area (Å²) in [5.74, 6) is -1.92. The van der Waals surface area contributed by atoms with E-state index in [9.17, 15) is 23.9 Å². The number of phenols is 1. The van der Waals surface area contributed by atoms with Gasteiger partial charge >= 0.3 is 0 Å². The predicted molar refractivity (Wildman–Crippen MR) is 166 cm³/mol. The van der Waals surface area contributed by atoms with Gasteiger partial charge in [-0.15, -0.1) is 0 Å². The van der Waals surface area contributed by atoms with Gasteiger partial charge < -0.3 is 40.0 Å². The maximum Gasteiger partial charge on any atom is 0.263 e. The number of pyridine rings is 1. The van der Waals surface area contributed by atoms with Gasteiger partial charge in [-0.25, -0.2) is 9.97 Å². The van der Waals surface area contributed by atoms with E-state index in [4.69, 9.17) is 31.8 Å². The number of likely N-dealkylation sites (N-methyl/N-ethyl adjacent to an activating group) is 1. The van der Waals surface area contributed by atoms with Gasteiger partial charge in [0.2, 0.25) is 24.4 Å². The zero-order chi connectivity index (χ0) is 32.4. The minimum absolute atomic E-state index is 0.0535. The second-order valence-electron chi connectivity index (χ2n) is 11.7. The highest BCUT2D eigenvalue weighted by molar-refractivity contribution is 6.33. The number of anilines is 2. The number of fused-ring (bicyclic) bond motifs is 3. The number of benzene rings is 1. The summed E-state index contributed by atoms with van der Waals surface area (Å²) in [6.07, 6.45) is 2.84. The third-order valence-electron chi connectivity index (χ3n) is 8.63. The Hall–Kier alpha value is -4.89. The molecule has 1 aromatic carbocycles. The highest BCUT2D eigenvalue weighted by Crippen LogP contribution is 2.50. The largest absolute Gasteiger partial charge is 0.504 e. The summed E-state index contributed by atoms with van der Waals surface area (Å²) in [6.45, 7) is 4.07. The summed E-state index contributed by atoms with van der Waals surface area (Å²) >= 11 is 6.26. The minimum atomic E-state index is -0.914. The molecule has 4 aromatic rings. The fraction of sp³-hybridized carbons (Fsp3) is 0.367. The van der Waals surface area contributed by atoms with Gasteiger partial charge in [0.15, 0.2) is 11.5 Å². The molecule has 3 aromatic heterocycles. The van der Waals surface area contributed by atoms with Gasteiger partial charge in [-0.3, -0.25) is 19.0 Å². The molecule has 240 valence electrons. The summed E-state index contributed by atoms with van der Waals surface area (Å²) in [4.78, 5) is 52.5. The number of nitrogens with one attached hydrogen (secondary N) is 1. The van der Waals surface area contributed by atoms with Crippen LogP contribution < -0.4 is 31.0 Å². The van der Waals surface area contributed by atoms with Crippen molar-refractivity contribution in [1.82, 2.24) is 24.0 Å². The Bertz CT molecular complexity index is 2010. The second-order valence-corrected chi connectivity index (χ2v) is 12.1.